The number of piperidine rings is 1. The van der Waals surface area contributed by atoms with Gasteiger partial charge < -0.3 is 14.9 Å². The normalized spacial score (nSPS) is 15.2. The Morgan fingerprint density at radius 2 is 1.71 bits per heavy atom. The number of carbonyl (C=O) groups excluding carboxylic acids is 2. The fourth-order valence-corrected chi connectivity index (χ4v) is 2.65. The highest BCUT2D eigenvalue weighted by Gasteiger charge is 2.28. The molecule has 8 heteroatoms. The molecule has 1 aromatic carbocycles. The predicted molar refractivity (Wildman–Crippen MR) is 80.3 cm³/mol. The third kappa shape index (κ3) is 4.27. The summed E-state index contributed by atoms with van der Waals surface area (Å²) in [5, 5.41) is 8.93. The lowest BCUT2D eigenvalue weighted by Gasteiger charge is -2.31. The van der Waals surface area contributed by atoms with E-state index in [4.69, 9.17) is 5.11 Å². The Kier molecular flexibility index (Phi) is 5.48. The Morgan fingerprint density at radius 3 is 2.21 bits per heavy atom. The summed E-state index contributed by atoms with van der Waals surface area (Å²) in [4.78, 5) is 37.8. The van der Waals surface area contributed by atoms with Crippen molar-refractivity contribution in [3.8, 4) is 0 Å². The summed E-state index contributed by atoms with van der Waals surface area (Å²) in [5.41, 5.74) is -0.174. The van der Waals surface area contributed by atoms with Gasteiger partial charge in [-0.05, 0) is 25.0 Å². The van der Waals surface area contributed by atoms with Gasteiger partial charge in [0.1, 0.15) is 11.6 Å². The lowest BCUT2D eigenvalue weighted by molar-refractivity contribution is -0.145. The molecule has 1 aliphatic rings. The zero-order chi connectivity index (χ0) is 17.9. The molecule has 1 saturated heterocycles. The van der Waals surface area contributed by atoms with Crippen molar-refractivity contribution in [2.45, 2.75) is 12.8 Å². The molecule has 24 heavy (non-hydrogen) atoms. The maximum atomic E-state index is 13.2. The summed E-state index contributed by atoms with van der Waals surface area (Å²) in [6, 6.07) is 2.48. The van der Waals surface area contributed by atoms with Crippen LogP contribution in [0.1, 0.15) is 23.2 Å². The van der Waals surface area contributed by atoms with Gasteiger partial charge in [-0.15, -0.1) is 0 Å². The number of aliphatic carboxylic acids is 1. The number of benzene rings is 1. The molecule has 1 heterocycles. The molecule has 130 valence electrons. The molecular weight excluding hydrogens is 322 g/mol. The number of rotatable bonds is 4. The molecule has 0 spiro atoms. The number of amides is 2. The Bertz CT molecular complexity index is 637. The fraction of sp³-hybridized carbons (Fsp3) is 0.438. The average Bonchev–Trinajstić information content (AvgIpc) is 2.53. The van der Waals surface area contributed by atoms with Gasteiger partial charge in [0.15, 0.2) is 0 Å². The molecule has 0 radical (unpaired) electrons. The lowest BCUT2D eigenvalue weighted by atomic mass is 9.97. The number of nitrogens with zero attached hydrogens (tertiary/aromatic N) is 2. The van der Waals surface area contributed by atoms with Gasteiger partial charge in [0.05, 0.1) is 12.5 Å². The van der Waals surface area contributed by atoms with Crippen LogP contribution in [0.3, 0.4) is 0 Å². The minimum absolute atomic E-state index is 0.174. The van der Waals surface area contributed by atoms with Gasteiger partial charge in [-0.3, -0.25) is 14.4 Å². The number of halogens is 2. The molecule has 0 unspecified atom stereocenters. The summed E-state index contributed by atoms with van der Waals surface area (Å²) in [6.07, 6.45) is 0.738. The number of hydrogen-bond donors (Lipinski definition) is 1. The maximum absolute atomic E-state index is 13.2. The van der Waals surface area contributed by atoms with E-state index < -0.39 is 29.4 Å². The van der Waals surface area contributed by atoms with Gasteiger partial charge >= 0.3 is 5.97 Å². The van der Waals surface area contributed by atoms with Gasteiger partial charge in [0, 0.05) is 31.8 Å². The van der Waals surface area contributed by atoms with Crippen molar-refractivity contribution < 1.29 is 28.3 Å². The van der Waals surface area contributed by atoms with Crippen LogP contribution in [0.15, 0.2) is 18.2 Å². The number of likely N-dealkylation sites (N-methyl/N-ethyl adjacent to an activating group) is 1. The van der Waals surface area contributed by atoms with Crippen LogP contribution in [0.25, 0.3) is 0 Å². The third-order valence-electron chi connectivity index (χ3n) is 4.03. The molecule has 2 amide bonds. The second-order valence-corrected chi connectivity index (χ2v) is 5.81. The number of carboxylic acids is 1. The monoisotopic (exact) mass is 340 g/mol. The van der Waals surface area contributed by atoms with E-state index in [1.807, 2.05) is 0 Å². The van der Waals surface area contributed by atoms with E-state index in [2.05, 4.69) is 0 Å². The Balaban J connectivity index is 1.94. The van der Waals surface area contributed by atoms with Crippen LogP contribution in [0.2, 0.25) is 0 Å². The van der Waals surface area contributed by atoms with Crippen molar-refractivity contribution in [1.29, 1.82) is 0 Å². The summed E-state index contributed by atoms with van der Waals surface area (Å²) in [5.74, 6) is -4.05. The minimum atomic E-state index is -0.873. The average molecular weight is 340 g/mol. The first-order valence-electron chi connectivity index (χ1n) is 7.50. The van der Waals surface area contributed by atoms with E-state index in [-0.39, 0.29) is 18.0 Å². The largest absolute Gasteiger partial charge is 0.481 e. The van der Waals surface area contributed by atoms with Crippen LogP contribution in [0.4, 0.5) is 8.78 Å². The first kappa shape index (κ1) is 17.8. The Labute approximate surface area is 137 Å². The molecule has 1 aromatic rings. The second kappa shape index (κ2) is 7.37. The van der Waals surface area contributed by atoms with Crippen LogP contribution in [-0.2, 0) is 9.59 Å². The summed E-state index contributed by atoms with van der Waals surface area (Å²) >= 11 is 0. The van der Waals surface area contributed by atoms with E-state index in [1.165, 1.54) is 11.9 Å². The van der Waals surface area contributed by atoms with E-state index in [1.54, 1.807) is 0 Å². The van der Waals surface area contributed by atoms with Crippen LogP contribution in [0, 0.1) is 17.6 Å². The van der Waals surface area contributed by atoms with Crippen molar-refractivity contribution in [2.24, 2.45) is 5.92 Å². The highest BCUT2D eigenvalue weighted by atomic mass is 19.1. The number of likely N-dealkylation sites (tertiary alicyclic amines) is 1. The molecule has 0 bridgehead atoms. The van der Waals surface area contributed by atoms with Crippen molar-refractivity contribution in [3.05, 3.63) is 35.4 Å². The predicted octanol–water partition coefficient (Wildman–Crippen LogP) is 1.36. The van der Waals surface area contributed by atoms with Gasteiger partial charge in [-0.1, -0.05) is 0 Å². The zero-order valence-electron chi connectivity index (χ0n) is 13.2. The standard InChI is InChI=1S/C16H18F2N2O4/c1-19(15(22)11-6-12(17)8-13(18)7-11)9-14(21)20-4-2-10(3-5-20)16(23)24/h6-8,10H,2-5,9H2,1H3,(H,23,24). The molecule has 0 aliphatic carbocycles. The highest BCUT2D eigenvalue weighted by molar-refractivity contribution is 5.96. The minimum Gasteiger partial charge on any atom is -0.481 e. The quantitative estimate of drug-likeness (QED) is 0.898. The van der Waals surface area contributed by atoms with Crippen molar-refractivity contribution >= 4 is 17.8 Å². The van der Waals surface area contributed by atoms with Crippen LogP contribution >= 0.6 is 0 Å². The molecule has 0 saturated carbocycles. The molecule has 0 atom stereocenters. The van der Waals surface area contributed by atoms with Crippen molar-refractivity contribution in [2.75, 3.05) is 26.7 Å². The Hall–Kier alpha value is -2.51. The maximum Gasteiger partial charge on any atom is 0.306 e. The van der Waals surface area contributed by atoms with Crippen LogP contribution < -0.4 is 0 Å². The highest BCUT2D eigenvalue weighted by Crippen LogP contribution is 2.17. The molecule has 1 N–H and O–H groups in total. The Morgan fingerprint density at radius 1 is 1.17 bits per heavy atom. The SMILES string of the molecule is CN(CC(=O)N1CCC(C(=O)O)CC1)C(=O)c1cc(F)cc(F)c1. The molecular formula is C16H18F2N2O4. The van der Waals surface area contributed by atoms with Crippen molar-refractivity contribution in [3.63, 3.8) is 0 Å². The van der Waals surface area contributed by atoms with Crippen LogP contribution in [-0.4, -0.2) is 59.4 Å². The van der Waals surface area contributed by atoms with E-state index in [0.717, 1.165) is 17.0 Å². The topological polar surface area (TPSA) is 77.9 Å². The van der Waals surface area contributed by atoms with E-state index in [0.29, 0.717) is 32.0 Å². The van der Waals surface area contributed by atoms with E-state index >= 15 is 0 Å². The number of carboxylic acid groups (broad SMARTS) is 1. The number of hydrogen-bond acceptors (Lipinski definition) is 3. The van der Waals surface area contributed by atoms with Gasteiger partial charge in [-0.2, -0.15) is 0 Å². The van der Waals surface area contributed by atoms with Crippen molar-refractivity contribution in [1.82, 2.24) is 9.80 Å². The zero-order valence-corrected chi connectivity index (χ0v) is 13.2. The first-order chi connectivity index (χ1) is 11.3. The van der Waals surface area contributed by atoms with Gasteiger partial charge in [-0.25, -0.2) is 8.78 Å². The molecule has 1 aliphatic heterocycles. The summed E-state index contributed by atoms with van der Waals surface area (Å²) < 4.78 is 26.3. The lowest BCUT2D eigenvalue weighted by Crippen LogP contribution is -2.45. The smallest absolute Gasteiger partial charge is 0.306 e. The third-order valence-corrected chi connectivity index (χ3v) is 4.03. The summed E-state index contributed by atoms with van der Waals surface area (Å²) in [7, 11) is 1.37. The fourth-order valence-electron chi connectivity index (χ4n) is 2.65. The second-order valence-electron chi connectivity index (χ2n) is 5.81. The van der Waals surface area contributed by atoms with Crippen LogP contribution in [0.5, 0.6) is 0 Å². The molecule has 6 nitrogen and oxygen atoms in total. The molecule has 0 aromatic heterocycles. The molecule has 1 fully saturated rings. The van der Waals surface area contributed by atoms with Gasteiger partial charge in [0.25, 0.3) is 5.91 Å². The summed E-state index contributed by atoms with van der Waals surface area (Å²) in [6.45, 7) is 0.382. The molecule has 2 rings (SSSR count). The first-order valence-corrected chi connectivity index (χ1v) is 7.50. The van der Waals surface area contributed by atoms with Gasteiger partial charge in [0.2, 0.25) is 5.91 Å². The number of carbonyl (C=O) groups is 3. The van der Waals surface area contributed by atoms with E-state index in [9.17, 15) is 23.2 Å².